The molecular formula is C12H15F2NO3. The van der Waals surface area contributed by atoms with Gasteiger partial charge in [0, 0.05) is 19.7 Å². The van der Waals surface area contributed by atoms with Crippen molar-refractivity contribution in [2.45, 2.75) is 12.5 Å². The van der Waals surface area contributed by atoms with Crippen LogP contribution in [-0.4, -0.2) is 37.9 Å². The predicted molar refractivity (Wildman–Crippen MR) is 62.3 cm³/mol. The van der Waals surface area contributed by atoms with Crippen LogP contribution in [0.15, 0.2) is 18.2 Å². The molecule has 0 bridgehead atoms. The van der Waals surface area contributed by atoms with Crippen molar-refractivity contribution in [2.75, 3.05) is 25.6 Å². The van der Waals surface area contributed by atoms with Crippen molar-refractivity contribution in [3.8, 4) is 0 Å². The SMILES string of the molecule is COC(=O)CC(O)CN(C)c1cc(F)ccc1F. The lowest BCUT2D eigenvalue weighted by atomic mass is 10.2. The zero-order valence-electron chi connectivity index (χ0n) is 10.2. The van der Waals surface area contributed by atoms with Gasteiger partial charge in [0.1, 0.15) is 11.6 Å². The molecule has 1 unspecified atom stereocenters. The van der Waals surface area contributed by atoms with E-state index >= 15 is 0 Å². The van der Waals surface area contributed by atoms with Gasteiger partial charge in [-0.3, -0.25) is 4.79 Å². The Morgan fingerprint density at radius 3 is 2.78 bits per heavy atom. The lowest BCUT2D eigenvalue weighted by molar-refractivity contribution is -0.142. The van der Waals surface area contributed by atoms with E-state index in [0.29, 0.717) is 0 Å². The Balaban J connectivity index is 2.67. The smallest absolute Gasteiger partial charge is 0.308 e. The summed E-state index contributed by atoms with van der Waals surface area (Å²) >= 11 is 0. The standard InChI is InChI=1S/C12H15F2NO3/c1-15(7-9(16)6-12(17)18-2)11-5-8(13)3-4-10(11)14/h3-5,9,16H,6-7H2,1-2H3. The molecular weight excluding hydrogens is 244 g/mol. The van der Waals surface area contributed by atoms with Crippen LogP contribution in [0.3, 0.4) is 0 Å². The monoisotopic (exact) mass is 259 g/mol. The normalized spacial score (nSPS) is 12.1. The van der Waals surface area contributed by atoms with Gasteiger partial charge in [-0.05, 0) is 12.1 Å². The molecule has 100 valence electrons. The number of hydrogen-bond donors (Lipinski definition) is 1. The molecule has 0 spiro atoms. The second kappa shape index (κ2) is 6.30. The predicted octanol–water partition coefficient (Wildman–Crippen LogP) is 1.32. The van der Waals surface area contributed by atoms with Crippen molar-refractivity contribution >= 4 is 11.7 Å². The number of carbonyl (C=O) groups is 1. The van der Waals surface area contributed by atoms with E-state index in [1.165, 1.54) is 19.1 Å². The summed E-state index contributed by atoms with van der Waals surface area (Å²) in [5.41, 5.74) is 0.0268. The first-order valence-electron chi connectivity index (χ1n) is 5.35. The van der Waals surface area contributed by atoms with Gasteiger partial charge in [-0.25, -0.2) is 8.78 Å². The molecule has 1 rings (SSSR count). The van der Waals surface area contributed by atoms with E-state index in [1.54, 1.807) is 0 Å². The Kier molecular flexibility index (Phi) is 5.03. The summed E-state index contributed by atoms with van der Waals surface area (Å²) in [6.07, 6.45) is -1.21. The highest BCUT2D eigenvalue weighted by Gasteiger charge is 2.16. The maximum absolute atomic E-state index is 13.4. The fourth-order valence-electron chi connectivity index (χ4n) is 1.53. The number of aliphatic hydroxyl groups excluding tert-OH is 1. The summed E-state index contributed by atoms with van der Waals surface area (Å²) in [6.45, 7) is -0.00449. The molecule has 1 aromatic carbocycles. The molecule has 1 atom stereocenters. The van der Waals surface area contributed by atoms with Crippen molar-refractivity contribution in [1.29, 1.82) is 0 Å². The maximum atomic E-state index is 13.4. The number of ether oxygens (including phenoxy) is 1. The van der Waals surface area contributed by atoms with Crippen LogP contribution in [0.5, 0.6) is 0 Å². The molecule has 0 aliphatic rings. The number of carbonyl (C=O) groups excluding carboxylic acids is 1. The van der Waals surface area contributed by atoms with E-state index in [-0.39, 0.29) is 18.7 Å². The van der Waals surface area contributed by atoms with Crippen molar-refractivity contribution in [2.24, 2.45) is 0 Å². The van der Waals surface area contributed by atoms with E-state index in [9.17, 15) is 18.7 Å². The lowest BCUT2D eigenvalue weighted by Crippen LogP contribution is -2.31. The molecule has 0 aliphatic heterocycles. The summed E-state index contributed by atoms with van der Waals surface area (Å²) < 4.78 is 30.8. The minimum absolute atomic E-state index is 0.00449. The molecule has 18 heavy (non-hydrogen) atoms. The first kappa shape index (κ1) is 14.4. The van der Waals surface area contributed by atoms with Gasteiger partial charge in [-0.2, -0.15) is 0 Å². The van der Waals surface area contributed by atoms with E-state index in [0.717, 1.165) is 18.2 Å². The Bertz CT molecular complexity index is 426. The number of anilines is 1. The molecule has 1 N–H and O–H groups in total. The van der Waals surface area contributed by atoms with E-state index in [1.807, 2.05) is 0 Å². The Morgan fingerprint density at radius 2 is 2.17 bits per heavy atom. The summed E-state index contributed by atoms with van der Waals surface area (Å²) in [6, 6.07) is 3.05. The van der Waals surface area contributed by atoms with E-state index in [4.69, 9.17) is 0 Å². The molecule has 1 aromatic rings. The molecule has 0 amide bonds. The zero-order valence-corrected chi connectivity index (χ0v) is 10.2. The number of aliphatic hydroxyl groups is 1. The first-order chi connectivity index (χ1) is 8.43. The first-order valence-corrected chi connectivity index (χ1v) is 5.35. The van der Waals surface area contributed by atoms with Crippen molar-refractivity contribution in [1.82, 2.24) is 0 Å². The summed E-state index contributed by atoms with van der Waals surface area (Å²) in [7, 11) is 2.71. The van der Waals surface area contributed by atoms with Gasteiger partial charge in [0.05, 0.1) is 25.3 Å². The average Bonchev–Trinajstić information content (AvgIpc) is 2.31. The third-order valence-corrected chi connectivity index (χ3v) is 2.43. The van der Waals surface area contributed by atoms with Crippen LogP contribution in [0.1, 0.15) is 6.42 Å². The highest BCUT2D eigenvalue weighted by Crippen LogP contribution is 2.19. The molecule has 0 fully saturated rings. The summed E-state index contributed by atoms with van der Waals surface area (Å²) in [5.74, 6) is -1.72. The second-order valence-electron chi connectivity index (χ2n) is 3.91. The summed E-state index contributed by atoms with van der Waals surface area (Å²) in [4.78, 5) is 12.3. The Labute approximate surface area is 104 Å². The van der Waals surface area contributed by atoms with Crippen LogP contribution in [0.4, 0.5) is 14.5 Å². The number of nitrogens with zero attached hydrogens (tertiary/aromatic N) is 1. The van der Waals surface area contributed by atoms with Crippen LogP contribution >= 0.6 is 0 Å². The van der Waals surface area contributed by atoms with E-state index < -0.39 is 23.7 Å². The third kappa shape index (κ3) is 3.96. The van der Waals surface area contributed by atoms with Crippen LogP contribution in [0.2, 0.25) is 0 Å². The van der Waals surface area contributed by atoms with Crippen molar-refractivity contribution < 1.29 is 23.4 Å². The van der Waals surface area contributed by atoms with Gasteiger partial charge in [-0.15, -0.1) is 0 Å². The van der Waals surface area contributed by atoms with Gasteiger partial charge in [-0.1, -0.05) is 0 Å². The molecule has 0 aromatic heterocycles. The number of esters is 1. The van der Waals surface area contributed by atoms with E-state index in [2.05, 4.69) is 4.74 Å². The minimum Gasteiger partial charge on any atom is -0.469 e. The largest absolute Gasteiger partial charge is 0.469 e. The topological polar surface area (TPSA) is 49.8 Å². The Hall–Kier alpha value is -1.69. The van der Waals surface area contributed by atoms with Crippen LogP contribution in [0, 0.1) is 11.6 Å². The highest BCUT2D eigenvalue weighted by molar-refractivity contribution is 5.69. The lowest BCUT2D eigenvalue weighted by Gasteiger charge is -2.22. The van der Waals surface area contributed by atoms with Crippen LogP contribution < -0.4 is 4.90 Å². The Morgan fingerprint density at radius 1 is 1.50 bits per heavy atom. The fourth-order valence-corrected chi connectivity index (χ4v) is 1.53. The second-order valence-corrected chi connectivity index (χ2v) is 3.91. The van der Waals surface area contributed by atoms with Crippen LogP contribution in [-0.2, 0) is 9.53 Å². The molecule has 0 heterocycles. The van der Waals surface area contributed by atoms with Gasteiger partial charge in [0.25, 0.3) is 0 Å². The van der Waals surface area contributed by atoms with Gasteiger partial charge >= 0.3 is 5.97 Å². The molecule has 0 radical (unpaired) electrons. The molecule has 0 saturated carbocycles. The van der Waals surface area contributed by atoms with Crippen LogP contribution in [0.25, 0.3) is 0 Å². The molecule has 0 saturated heterocycles. The van der Waals surface area contributed by atoms with Crippen molar-refractivity contribution in [3.63, 3.8) is 0 Å². The zero-order chi connectivity index (χ0) is 13.7. The highest BCUT2D eigenvalue weighted by atomic mass is 19.1. The third-order valence-electron chi connectivity index (χ3n) is 2.43. The van der Waals surface area contributed by atoms with Crippen molar-refractivity contribution in [3.05, 3.63) is 29.8 Å². The number of rotatable bonds is 5. The quantitative estimate of drug-likeness (QED) is 0.810. The van der Waals surface area contributed by atoms with Gasteiger partial charge in [0.2, 0.25) is 0 Å². The average molecular weight is 259 g/mol. The molecule has 0 aliphatic carbocycles. The number of methoxy groups -OCH3 is 1. The van der Waals surface area contributed by atoms with Gasteiger partial charge in [0.15, 0.2) is 0 Å². The summed E-state index contributed by atoms with van der Waals surface area (Å²) in [5, 5.41) is 9.58. The number of likely N-dealkylation sites (N-methyl/N-ethyl adjacent to an activating group) is 1. The molecule has 4 nitrogen and oxygen atoms in total. The number of benzene rings is 1. The molecule has 6 heteroatoms. The maximum Gasteiger partial charge on any atom is 0.308 e. The fraction of sp³-hybridized carbons (Fsp3) is 0.417. The number of halogens is 2. The number of hydrogen-bond acceptors (Lipinski definition) is 4. The van der Waals surface area contributed by atoms with Gasteiger partial charge < -0.3 is 14.7 Å². The minimum atomic E-state index is -1.01.